The molecule has 0 aromatic carbocycles. The van der Waals surface area contributed by atoms with Gasteiger partial charge in [-0.2, -0.15) is 0 Å². The molecule has 0 amide bonds. The molecule has 0 saturated heterocycles. The molecule has 1 fully saturated rings. The first kappa shape index (κ1) is 23.9. The zero-order valence-corrected chi connectivity index (χ0v) is 18.4. The van der Waals surface area contributed by atoms with Crippen LogP contribution in [-0.4, -0.2) is 30.9 Å². The van der Waals surface area contributed by atoms with E-state index < -0.39 is 18.7 Å². The average Bonchev–Trinajstić information content (AvgIpc) is 2.94. The maximum atomic E-state index is 13.6. The van der Waals surface area contributed by atoms with Gasteiger partial charge in [-0.05, 0) is 60.3 Å². The highest BCUT2D eigenvalue weighted by Gasteiger charge is 2.62. The summed E-state index contributed by atoms with van der Waals surface area (Å²) in [6, 6.07) is 0. The Morgan fingerprint density at radius 2 is 1.81 bits per heavy atom. The number of esters is 1. The van der Waals surface area contributed by atoms with Crippen LogP contribution < -0.4 is 0 Å². The van der Waals surface area contributed by atoms with Crippen LogP contribution >= 0.6 is 7.60 Å². The zero-order valence-electron chi connectivity index (χ0n) is 17.5. The van der Waals surface area contributed by atoms with Gasteiger partial charge >= 0.3 is 13.6 Å². The highest BCUT2D eigenvalue weighted by atomic mass is 31.2. The Balaban J connectivity index is 3.21. The molecule has 0 radical (unpaired) electrons. The number of rotatable bonds is 11. The van der Waals surface area contributed by atoms with E-state index in [1.807, 2.05) is 0 Å². The van der Waals surface area contributed by atoms with Crippen LogP contribution in [0.25, 0.3) is 0 Å². The highest BCUT2D eigenvalue weighted by Crippen LogP contribution is 2.68. The highest BCUT2D eigenvalue weighted by molar-refractivity contribution is 7.56. The van der Waals surface area contributed by atoms with Gasteiger partial charge in [-0.1, -0.05) is 36.0 Å². The Bertz CT molecular complexity index is 622. The second kappa shape index (κ2) is 10.4. The lowest BCUT2D eigenvalue weighted by Gasteiger charge is -2.33. The van der Waals surface area contributed by atoms with Gasteiger partial charge in [-0.15, -0.1) is 0 Å². The molecule has 0 bridgehead atoms. The Morgan fingerprint density at radius 3 is 2.30 bits per heavy atom. The Labute approximate surface area is 164 Å². The molecular weight excluding hydrogens is 363 g/mol. The van der Waals surface area contributed by atoms with Gasteiger partial charge in [0.05, 0.1) is 19.8 Å². The maximum Gasteiger partial charge on any atom is 0.348 e. The Hall–Kier alpha value is -1.16. The van der Waals surface area contributed by atoms with Crippen molar-refractivity contribution in [3.05, 3.63) is 36.0 Å². The molecule has 0 aromatic heterocycles. The van der Waals surface area contributed by atoms with Crippen LogP contribution in [0.1, 0.15) is 60.3 Å². The summed E-state index contributed by atoms with van der Waals surface area (Å²) < 4.78 is 30.1. The largest absolute Gasteiger partial charge is 0.465 e. The maximum absolute atomic E-state index is 13.6. The van der Waals surface area contributed by atoms with Crippen molar-refractivity contribution in [2.45, 2.75) is 65.5 Å². The van der Waals surface area contributed by atoms with Crippen molar-refractivity contribution in [1.29, 1.82) is 0 Å². The summed E-state index contributed by atoms with van der Waals surface area (Å²) in [5.41, 5.74) is 3.08. The third-order valence-electron chi connectivity index (χ3n) is 4.84. The van der Waals surface area contributed by atoms with E-state index in [1.165, 1.54) is 5.57 Å². The minimum absolute atomic E-state index is 0.103. The van der Waals surface area contributed by atoms with Crippen molar-refractivity contribution in [3.63, 3.8) is 0 Å². The summed E-state index contributed by atoms with van der Waals surface area (Å²) in [6.45, 7) is 18.3. The predicted octanol–water partition coefficient (Wildman–Crippen LogP) is 5.82. The van der Waals surface area contributed by atoms with Gasteiger partial charge in [-0.3, -0.25) is 9.36 Å². The van der Waals surface area contributed by atoms with Gasteiger partial charge in [-0.25, -0.2) is 0 Å². The Kier molecular flexibility index (Phi) is 9.20. The molecule has 2 atom stereocenters. The van der Waals surface area contributed by atoms with E-state index in [2.05, 4.69) is 33.1 Å². The first-order chi connectivity index (χ1) is 12.7. The summed E-state index contributed by atoms with van der Waals surface area (Å²) in [5.74, 6) is -0.634. The fourth-order valence-corrected chi connectivity index (χ4v) is 5.91. The number of hydrogen-bond donors (Lipinski definition) is 0. The lowest BCUT2D eigenvalue weighted by Crippen LogP contribution is -2.39. The predicted molar refractivity (Wildman–Crippen MR) is 110 cm³/mol. The van der Waals surface area contributed by atoms with Crippen LogP contribution in [0, 0.1) is 5.92 Å². The molecule has 0 unspecified atom stereocenters. The monoisotopic (exact) mass is 398 g/mol. The summed E-state index contributed by atoms with van der Waals surface area (Å²) in [5, 5.41) is -1.35. The summed E-state index contributed by atoms with van der Waals surface area (Å²) in [7, 11) is -3.73. The molecule has 1 saturated carbocycles. The molecule has 154 valence electrons. The second-order valence-electron chi connectivity index (χ2n) is 7.16. The smallest absolute Gasteiger partial charge is 0.348 e. The van der Waals surface area contributed by atoms with Crippen molar-refractivity contribution in [1.82, 2.24) is 0 Å². The number of carbonyl (C=O) groups is 1. The second-order valence-corrected chi connectivity index (χ2v) is 9.52. The normalized spacial score (nSPS) is 22.6. The molecule has 1 rings (SSSR count). The molecule has 0 heterocycles. The molecule has 27 heavy (non-hydrogen) atoms. The number of ether oxygens (including phenoxy) is 1. The number of allylic oxidation sites excluding steroid dienone is 4. The van der Waals surface area contributed by atoms with E-state index >= 15 is 0 Å². The van der Waals surface area contributed by atoms with Gasteiger partial charge in [0.25, 0.3) is 0 Å². The topological polar surface area (TPSA) is 61.8 Å². The molecule has 6 heteroatoms. The third kappa shape index (κ3) is 5.43. The van der Waals surface area contributed by atoms with Crippen LogP contribution in [-0.2, 0) is 23.1 Å². The molecular formula is C21H35O5P. The molecule has 1 aliphatic carbocycles. The summed E-state index contributed by atoms with van der Waals surface area (Å²) >= 11 is 0. The van der Waals surface area contributed by atoms with Crippen molar-refractivity contribution in [2.75, 3.05) is 19.8 Å². The van der Waals surface area contributed by atoms with Gasteiger partial charge in [0.2, 0.25) is 0 Å². The first-order valence-electron chi connectivity index (χ1n) is 9.72. The molecule has 0 aromatic rings. The number of hydrogen-bond acceptors (Lipinski definition) is 5. The average molecular weight is 398 g/mol. The van der Waals surface area contributed by atoms with Crippen LogP contribution in [0.4, 0.5) is 0 Å². The van der Waals surface area contributed by atoms with Crippen LogP contribution in [0.3, 0.4) is 0 Å². The Morgan fingerprint density at radius 1 is 1.22 bits per heavy atom. The molecule has 0 aliphatic heterocycles. The number of carbonyl (C=O) groups excluding carboxylic acids is 1. The SMILES string of the molecule is C=C(CCC=C(C)C)[C@@H]1C[C@](C(=O)OCC)(P(=O)(OCC)OCC)CC1=C. The summed E-state index contributed by atoms with van der Waals surface area (Å²) in [6.07, 6.45) is 4.37. The van der Waals surface area contributed by atoms with Crippen molar-refractivity contribution >= 4 is 13.6 Å². The molecule has 5 nitrogen and oxygen atoms in total. The van der Waals surface area contributed by atoms with Gasteiger partial charge < -0.3 is 13.8 Å². The van der Waals surface area contributed by atoms with Crippen LogP contribution in [0.15, 0.2) is 36.0 Å². The lowest BCUT2D eigenvalue weighted by atomic mass is 9.91. The molecule has 0 N–H and O–H groups in total. The fraction of sp³-hybridized carbons (Fsp3) is 0.667. The van der Waals surface area contributed by atoms with E-state index in [4.69, 9.17) is 13.8 Å². The van der Waals surface area contributed by atoms with E-state index in [9.17, 15) is 9.36 Å². The van der Waals surface area contributed by atoms with Crippen molar-refractivity contribution in [3.8, 4) is 0 Å². The van der Waals surface area contributed by atoms with E-state index in [0.29, 0.717) is 6.42 Å². The molecule has 1 aliphatic rings. The van der Waals surface area contributed by atoms with Crippen LogP contribution in [0.5, 0.6) is 0 Å². The van der Waals surface area contributed by atoms with E-state index in [1.54, 1.807) is 20.8 Å². The quantitative estimate of drug-likeness (QED) is 0.249. The standard InChI is InChI=1S/C21H35O5P/c1-8-24-20(22)21(27(23,25-9-2)26-10-3)14-18(7)19(15-21)17(6)13-11-12-16(4)5/h12,19H,6-11,13-15H2,1-5H3/t19-,21+/m0/s1. The fourth-order valence-electron chi connectivity index (χ4n) is 3.57. The van der Waals surface area contributed by atoms with Crippen molar-refractivity contribution < 1.29 is 23.1 Å². The van der Waals surface area contributed by atoms with E-state index in [-0.39, 0.29) is 32.2 Å². The third-order valence-corrected chi connectivity index (χ3v) is 7.61. The van der Waals surface area contributed by atoms with E-state index in [0.717, 1.165) is 24.0 Å². The van der Waals surface area contributed by atoms with Crippen molar-refractivity contribution in [2.24, 2.45) is 5.92 Å². The minimum atomic E-state index is -3.73. The summed E-state index contributed by atoms with van der Waals surface area (Å²) in [4.78, 5) is 12.9. The molecule has 0 spiro atoms. The zero-order chi connectivity index (χ0) is 20.7. The first-order valence-corrected chi connectivity index (χ1v) is 11.3. The van der Waals surface area contributed by atoms with Gasteiger partial charge in [0.1, 0.15) is 0 Å². The van der Waals surface area contributed by atoms with Gasteiger partial charge in [0, 0.05) is 5.92 Å². The van der Waals surface area contributed by atoms with Gasteiger partial charge in [0.15, 0.2) is 5.16 Å². The minimum Gasteiger partial charge on any atom is -0.465 e. The lowest BCUT2D eigenvalue weighted by molar-refractivity contribution is -0.147. The van der Waals surface area contributed by atoms with Crippen LogP contribution in [0.2, 0.25) is 0 Å².